The molecule has 0 radical (unpaired) electrons. The van der Waals surface area contributed by atoms with Gasteiger partial charge in [-0.3, -0.25) is 0 Å². The highest BCUT2D eigenvalue weighted by atomic mass is 35.5. The molecule has 1 atom stereocenters. The number of carboxylic acid groups (broad SMARTS) is 1. The van der Waals surface area contributed by atoms with Gasteiger partial charge in [0.05, 0.1) is 0 Å². The number of aromatic amines is 1. The van der Waals surface area contributed by atoms with Crippen molar-refractivity contribution in [2.75, 3.05) is 0 Å². The molecule has 0 aliphatic rings. The van der Waals surface area contributed by atoms with Crippen molar-refractivity contribution in [3.8, 4) is 0 Å². The van der Waals surface area contributed by atoms with Crippen molar-refractivity contribution in [2.45, 2.75) is 13.0 Å². The molecule has 16 heavy (non-hydrogen) atoms. The summed E-state index contributed by atoms with van der Waals surface area (Å²) in [4.78, 5) is 13.8. The van der Waals surface area contributed by atoms with Crippen molar-refractivity contribution in [3.63, 3.8) is 0 Å². The van der Waals surface area contributed by atoms with Crippen LogP contribution in [0.4, 0.5) is 0 Å². The average Bonchev–Trinajstić information content (AvgIpc) is 2.52. The third-order valence-electron chi connectivity index (χ3n) is 2.51. The zero-order chi connectivity index (χ0) is 11.9. The quantitative estimate of drug-likeness (QED) is 0.753. The molecule has 3 N–H and O–H groups in total. The van der Waals surface area contributed by atoms with Crippen molar-refractivity contribution in [2.24, 2.45) is 0 Å². The number of carboxylic acids is 1. The maximum atomic E-state index is 10.8. The lowest BCUT2D eigenvalue weighted by Gasteiger charge is -2.05. The van der Waals surface area contributed by atoms with Crippen LogP contribution in [0.2, 0.25) is 5.02 Å². The second-order valence-corrected chi connectivity index (χ2v) is 4.03. The first-order valence-corrected chi connectivity index (χ1v) is 5.07. The lowest BCUT2D eigenvalue weighted by Crippen LogP contribution is -2.11. The SMILES string of the molecule is Cc1[nH]c2ccc(Cl)cc2c1C(O)C(=O)O. The minimum absolute atomic E-state index is 0.366. The third-order valence-corrected chi connectivity index (χ3v) is 2.74. The highest BCUT2D eigenvalue weighted by molar-refractivity contribution is 6.31. The summed E-state index contributed by atoms with van der Waals surface area (Å²) in [6.45, 7) is 1.72. The minimum atomic E-state index is -1.53. The number of hydrogen-bond donors (Lipinski definition) is 3. The Morgan fingerprint density at radius 1 is 1.50 bits per heavy atom. The van der Waals surface area contributed by atoms with E-state index < -0.39 is 12.1 Å². The Labute approximate surface area is 96.5 Å². The van der Waals surface area contributed by atoms with Crippen molar-refractivity contribution in [3.05, 3.63) is 34.5 Å². The van der Waals surface area contributed by atoms with Crippen LogP contribution in [0.1, 0.15) is 17.4 Å². The van der Waals surface area contributed by atoms with Crippen molar-refractivity contribution in [1.82, 2.24) is 4.98 Å². The molecule has 0 saturated carbocycles. The highest BCUT2D eigenvalue weighted by Gasteiger charge is 2.22. The molecule has 0 bridgehead atoms. The Balaban J connectivity index is 2.72. The number of aromatic nitrogens is 1. The molecule has 0 spiro atoms. The number of carbonyl (C=O) groups is 1. The van der Waals surface area contributed by atoms with Crippen molar-refractivity contribution in [1.29, 1.82) is 0 Å². The summed E-state index contributed by atoms with van der Waals surface area (Å²) in [5.74, 6) is -1.27. The highest BCUT2D eigenvalue weighted by Crippen LogP contribution is 2.29. The molecule has 1 unspecified atom stereocenters. The molecule has 1 heterocycles. The maximum absolute atomic E-state index is 10.8. The smallest absolute Gasteiger partial charge is 0.337 e. The van der Waals surface area contributed by atoms with Gasteiger partial charge < -0.3 is 15.2 Å². The van der Waals surface area contributed by atoms with Gasteiger partial charge in [-0.25, -0.2) is 4.79 Å². The van der Waals surface area contributed by atoms with Crippen LogP contribution >= 0.6 is 11.6 Å². The predicted octanol–water partition coefficient (Wildman–Crippen LogP) is 2.25. The summed E-state index contributed by atoms with van der Waals surface area (Å²) in [6, 6.07) is 5.10. The summed E-state index contributed by atoms with van der Waals surface area (Å²) in [5.41, 5.74) is 1.76. The van der Waals surface area contributed by atoms with Crippen molar-refractivity contribution < 1.29 is 15.0 Å². The number of hydrogen-bond acceptors (Lipinski definition) is 2. The van der Waals surface area contributed by atoms with E-state index in [0.29, 0.717) is 21.7 Å². The van der Waals surface area contributed by atoms with E-state index in [2.05, 4.69) is 4.98 Å². The zero-order valence-electron chi connectivity index (χ0n) is 8.49. The molecule has 4 nitrogen and oxygen atoms in total. The first kappa shape index (κ1) is 11.0. The number of aliphatic carboxylic acids is 1. The van der Waals surface area contributed by atoms with E-state index >= 15 is 0 Å². The average molecular weight is 240 g/mol. The third kappa shape index (κ3) is 1.66. The van der Waals surface area contributed by atoms with Crippen LogP contribution in [0.3, 0.4) is 0 Å². The fourth-order valence-electron chi connectivity index (χ4n) is 1.80. The lowest BCUT2D eigenvalue weighted by molar-refractivity contribution is -0.146. The Morgan fingerprint density at radius 3 is 2.81 bits per heavy atom. The number of aliphatic hydroxyl groups is 1. The Morgan fingerprint density at radius 2 is 2.19 bits per heavy atom. The summed E-state index contributed by atoms with van der Waals surface area (Å²) >= 11 is 5.84. The molecule has 1 aromatic heterocycles. The molecule has 5 heteroatoms. The number of halogens is 1. The van der Waals surface area contributed by atoms with E-state index in [1.165, 1.54) is 0 Å². The minimum Gasteiger partial charge on any atom is -0.479 e. The largest absolute Gasteiger partial charge is 0.479 e. The van der Waals surface area contributed by atoms with E-state index in [9.17, 15) is 9.90 Å². The second kappa shape index (κ2) is 3.81. The standard InChI is InChI=1S/C11H10ClNO3/c1-5-9(10(14)11(15)16)7-4-6(12)2-3-8(7)13-5/h2-4,10,13-14H,1H3,(H,15,16). The first-order chi connectivity index (χ1) is 7.50. The normalized spacial score (nSPS) is 12.9. The number of nitrogens with one attached hydrogen (secondary N) is 1. The topological polar surface area (TPSA) is 73.3 Å². The molecule has 0 fully saturated rings. The molecule has 0 aliphatic heterocycles. The van der Waals surface area contributed by atoms with Crippen LogP contribution in [-0.2, 0) is 4.79 Å². The fourth-order valence-corrected chi connectivity index (χ4v) is 1.97. The van der Waals surface area contributed by atoms with Crippen LogP contribution in [0.25, 0.3) is 10.9 Å². The molecule has 2 aromatic rings. The molecular formula is C11H10ClNO3. The van der Waals surface area contributed by atoms with Crippen molar-refractivity contribution >= 4 is 28.5 Å². The van der Waals surface area contributed by atoms with Crippen LogP contribution < -0.4 is 0 Å². The summed E-state index contributed by atoms with van der Waals surface area (Å²) in [5, 5.41) is 19.5. The lowest BCUT2D eigenvalue weighted by atomic mass is 10.1. The molecule has 1 aromatic carbocycles. The molecule has 0 aliphatic carbocycles. The van der Waals surface area contributed by atoms with E-state index in [4.69, 9.17) is 16.7 Å². The number of fused-ring (bicyclic) bond motifs is 1. The number of aryl methyl sites for hydroxylation is 1. The predicted molar refractivity (Wildman–Crippen MR) is 60.6 cm³/mol. The van der Waals surface area contributed by atoms with E-state index in [1.807, 2.05) is 0 Å². The van der Waals surface area contributed by atoms with Gasteiger partial charge in [0.2, 0.25) is 0 Å². The van der Waals surface area contributed by atoms with Gasteiger partial charge in [0.25, 0.3) is 0 Å². The number of rotatable bonds is 2. The molecular weight excluding hydrogens is 230 g/mol. The first-order valence-electron chi connectivity index (χ1n) is 4.69. The second-order valence-electron chi connectivity index (χ2n) is 3.59. The Bertz CT molecular complexity index is 562. The molecule has 2 rings (SSSR count). The molecule has 84 valence electrons. The monoisotopic (exact) mass is 239 g/mol. The van der Waals surface area contributed by atoms with Gasteiger partial charge in [-0.2, -0.15) is 0 Å². The fraction of sp³-hybridized carbons (Fsp3) is 0.182. The maximum Gasteiger partial charge on any atom is 0.337 e. The van der Waals surface area contributed by atoms with Gasteiger partial charge in [-0.1, -0.05) is 11.6 Å². The summed E-state index contributed by atoms with van der Waals surface area (Å²) < 4.78 is 0. The summed E-state index contributed by atoms with van der Waals surface area (Å²) in [7, 11) is 0. The van der Waals surface area contributed by atoms with Crippen LogP contribution in [0.5, 0.6) is 0 Å². The van der Waals surface area contributed by atoms with Gasteiger partial charge in [0.1, 0.15) is 0 Å². The van der Waals surface area contributed by atoms with Gasteiger partial charge in [0, 0.05) is 27.2 Å². The molecule has 0 saturated heterocycles. The van der Waals surface area contributed by atoms with E-state index in [1.54, 1.807) is 25.1 Å². The van der Waals surface area contributed by atoms with Crippen LogP contribution in [-0.4, -0.2) is 21.2 Å². The molecule has 0 amide bonds. The van der Waals surface area contributed by atoms with Crippen LogP contribution in [0, 0.1) is 6.92 Å². The number of aliphatic hydroxyl groups excluding tert-OH is 1. The van der Waals surface area contributed by atoms with E-state index in [-0.39, 0.29) is 0 Å². The van der Waals surface area contributed by atoms with E-state index in [0.717, 1.165) is 5.52 Å². The van der Waals surface area contributed by atoms with Gasteiger partial charge in [-0.05, 0) is 25.1 Å². The Kier molecular flexibility index (Phi) is 2.61. The number of benzene rings is 1. The number of H-pyrrole nitrogens is 1. The Hall–Kier alpha value is -1.52. The summed E-state index contributed by atoms with van der Waals surface area (Å²) in [6.07, 6.45) is -1.53. The van der Waals surface area contributed by atoms with Gasteiger partial charge in [-0.15, -0.1) is 0 Å². The van der Waals surface area contributed by atoms with Gasteiger partial charge >= 0.3 is 5.97 Å². The van der Waals surface area contributed by atoms with Gasteiger partial charge in [0.15, 0.2) is 6.10 Å². The zero-order valence-corrected chi connectivity index (χ0v) is 9.25. The van der Waals surface area contributed by atoms with Crippen LogP contribution in [0.15, 0.2) is 18.2 Å².